The van der Waals surface area contributed by atoms with Crippen molar-refractivity contribution in [3.63, 3.8) is 0 Å². The van der Waals surface area contributed by atoms with Gasteiger partial charge in [-0.1, -0.05) is 68.3 Å². The van der Waals surface area contributed by atoms with E-state index in [1.54, 1.807) is 0 Å². The standard InChI is InChI=1S/C26H16Br2N4/c27-19-7-1-15(2-8-19)25-29-21-11-5-17(13-23(21)31-25)18-6-12-22-24(14-18)32-26(30-22)16-3-9-20(28)10-4-16/h1-14H,(H,29,31)(H,30,32). The number of benzene rings is 4. The van der Waals surface area contributed by atoms with Crippen LogP contribution in [0.15, 0.2) is 93.9 Å². The predicted octanol–water partition coefficient (Wildman–Crippen LogP) is 7.97. The summed E-state index contributed by atoms with van der Waals surface area (Å²) >= 11 is 6.97. The van der Waals surface area contributed by atoms with Gasteiger partial charge in [0.2, 0.25) is 0 Å². The SMILES string of the molecule is Brc1ccc(-c2nc3cc(-c4ccc5[nH]c(-c6ccc(Br)cc6)nc5c4)ccc3[nH]2)cc1. The summed E-state index contributed by atoms with van der Waals surface area (Å²) in [7, 11) is 0. The Hall–Kier alpha value is -3.22. The van der Waals surface area contributed by atoms with Crippen molar-refractivity contribution in [2.24, 2.45) is 0 Å². The van der Waals surface area contributed by atoms with E-state index < -0.39 is 0 Å². The topological polar surface area (TPSA) is 57.4 Å². The highest BCUT2D eigenvalue weighted by molar-refractivity contribution is 9.10. The second-order valence-corrected chi connectivity index (χ2v) is 9.48. The maximum absolute atomic E-state index is 4.82. The number of nitrogens with one attached hydrogen (secondary N) is 2. The second-order valence-electron chi connectivity index (χ2n) is 7.65. The van der Waals surface area contributed by atoms with Crippen molar-refractivity contribution in [1.82, 2.24) is 19.9 Å². The van der Waals surface area contributed by atoms with E-state index in [4.69, 9.17) is 9.97 Å². The molecule has 2 heterocycles. The molecule has 0 unspecified atom stereocenters. The third-order valence-electron chi connectivity index (χ3n) is 5.53. The summed E-state index contributed by atoms with van der Waals surface area (Å²) in [4.78, 5) is 16.5. The van der Waals surface area contributed by atoms with Crippen molar-refractivity contribution in [1.29, 1.82) is 0 Å². The van der Waals surface area contributed by atoms with Crippen LogP contribution in [-0.2, 0) is 0 Å². The van der Waals surface area contributed by atoms with Crippen molar-refractivity contribution in [3.8, 4) is 33.9 Å². The summed E-state index contributed by atoms with van der Waals surface area (Å²) in [6, 6.07) is 29.0. The highest BCUT2D eigenvalue weighted by atomic mass is 79.9. The Bertz CT molecular complexity index is 1460. The molecule has 6 aromatic rings. The van der Waals surface area contributed by atoms with Crippen LogP contribution in [0.3, 0.4) is 0 Å². The Kier molecular flexibility index (Phi) is 4.70. The van der Waals surface area contributed by atoms with E-state index in [0.717, 1.165) is 64.9 Å². The summed E-state index contributed by atoms with van der Waals surface area (Å²) in [5.41, 5.74) is 8.27. The third kappa shape index (κ3) is 3.55. The van der Waals surface area contributed by atoms with Crippen molar-refractivity contribution in [3.05, 3.63) is 93.9 Å². The molecule has 0 saturated carbocycles. The van der Waals surface area contributed by atoms with Gasteiger partial charge in [0, 0.05) is 20.1 Å². The molecule has 0 amide bonds. The number of imidazole rings is 2. The minimum absolute atomic E-state index is 0.867. The highest BCUT2D eigenvalue weighted by Crippen LogP contribution is 2.29. The fourth-order valence-electron chi connectivity index (χ4n) is 3.86. The van der Waals surface area contributed by atoms with E-state index in [0.29, 0.717) is 0 Å². The average molecular weight is 544 g/mol. The smallest absolute Gasteiger partial charge is 0.138 e. The monoisotopic (exact) mass is 542 g/mol. The van der Waals surface area contributed by atoms with E-state index in [-0.39, 0.29) is 0 Å². The fraction of sp³-hybridized carbons (Fsp3) is 0. The number of rotatable bonds is 3. The van der Waals surface area contributed by atoms with E-state index in [1.807, 2.05) is 24.3 Å². The van der Waals surface area contributed by atoms with Gasteiger partial charge in [-0.05, 0) is 59.7 Å². The molecule has 2 N–H and O–H groups in total. The van der Waals surface area contributed by atoms with Crippen LogP contribution in [0.2, 0.25) is 0 Å². The maximum atomic E-state index is 4.82. The van der Waals surface area contributed by atoms with Crippen LogP contribution in [-0.4, -0.2) is 19.9 Å². The van der Waals surface area contributed by atoms with Crippen LogP contribution >= 0.6 is 31.9 Å². The zero-order valence-corrected chi connectivity index (χ0v) is 19.9. The first kappa shape index (κ1) is 19.5. The Morgan fingerprint density at radius 3 is 1.25 bits per heavy atom. The molecular formula is C26H16Br2N4. The zero-order chi connectivity index (χ0) is 21.7. The summed E-state index contributed by atoms with van der Waals surface area (Å²) in [6.07, 6.45) is 0. The van der Waals surface area contributed by atoms with Gasteiger partial charge in [-0.3, -0.25) is 0 Å². The number of aromatic amines is 2. The highest BCUT2D eigenvalue weighted by Gasteiger charge is 2.10. The third-order valence-corrected chi connectivity index (χ3v) is 6.59. The summed E-state index contributed by atoms with van der Waals surface area (Å²) < 4.78 is 2.10. The molecular weight excluding hydrogens is 528 g/mol. The molecule has 0 bridgehead atoms. The van der Waals surface area contributed by atoms with Gasteiger partial charge in [0.1, 0.15) is 11.6 Å². The lowest BCUT2D eigenvalue weighted by Gasteiger charge is -2.01. The van der Waals surface area contributed by atoms with Gasteiger partial charge >= 0.3 is 0 Å². The number of aromatic nitrogens is 4. The first-order valence-corrected chi connectivity index (χ1v) is 11.7. The summed E-state index contributed by atoms with van der Waals surface area (Å²) in [5.74, 6) is 1.73. The molecule has 6 heteroatoms. The first-order valence-electron chi connectivity index (χ1n) is 10.1. The van der Waals surface area contributed by atoms with Crippen molar-refractivity contribution >= 4 is 53.9 Å². The fourth-order valence-corrected chi connectivity index (χ4v) is 4.39. The minimum atomic E-state index is 0.867. The number of hydrogen-bond acceptors (Lipinski definition) is 2. The van der Waals surface area contributed by atoms with Crippen LogP contribution in [0.25, 0.3) is 56.0 Å². The average Bonchev–Trinajstić information content (AvgIpc) is 3.43. The Labute approximate surface area is 201 Å². The minimum Gasteiger partial charge on any atom is -0.338 e. The second kappa shape index (κ2) is 7.73. The molecule has 4 aromatic carbocycles. The number of halogens is 2. The van der Waals surface area contributed by atoms with Gasteiger partial charge in [0.25, 0.3) is 0 Å². The summed E-state index contributed by atoms with van der Waals surface area (Å²) in [6.45, 7) is 0. The lowest BCUT2D eigenvalue weighted by molar-refractivity contribution is 1.33. The van der Waals surface area contributed by atoms with E-state index >= 15 is 0 Å². The van der Waals surface area contributed by atoms with Gasteiger partial charge in [0.05, 0.1) is 22.1 Å². The molecule has 0 radical (unpaired) electrons. The molecule has 0 aliphatic rings. The molecule has 0 aliphatic carbocycles. The van der Waals surface area contributed by atoms with Gasteiger partial charge < -0.3 is 9.97 Å². The Morgan fingerprint density at radius 2 is 0.844 bits per heavy atom. The molecule has 6 rings (SSSR count). The van der Waals surface area contributed by atoms with Crippen LogP contribution in [0.4, 0.5) is 0 Å². The van der Waals surface area contributed by atoms with Crippen molar-refractivity contribution < 1.29 is 0 Å². The Morgan fingerprint density at radius 1 is 0.469 bits per heavy atom. The maximum Gasteiger partial charge on any atom is 0.138 e. The summed E-state index contributed by atoms with van der Waals surface area (Å²) in [5, 5.41) is 0. The molecule has 0 aliphatic heterocycles. The molecule has 0 atom stereocenters. The number of H-pyrrole nitrogens is 2. The van der Waals surface area contributed by atoms with Crippen LogP contribution in [0, 0.1) is 0 Å². The quantitative estimate of drug-likeness (QED) is 0.238. The molecule has 0 fully saturated rings. The zero-order valence-electron chi connectivity index (χ0n) is 16.7. The van der Waals surface area contributed by atoms with Gasteiger partial charge in [-0.25, -0.2) is 9.97 Å². The Balaban J connectivity index is 1.37. The largest absolute Gasteiger partial charge is 0.338 e. The van der Waals surface area contributed by atoms with Crippen LogP contribution < -0.4 is 0 Å². The number of nitrogens with zero attached hydrogens (tertiary/aromatic N) is 2. The molecule has 154 valence electrons. The molecule has 0 spiro atoms. The van der Waals surface area contributed by atoms with Crippen molar-refractivity contribution in [2.75, 3.05) is 0 Å². The van der Waals surface area contributed by atoms with Crippen LogP contribution in [0.1, 0.15) is 0 Å². The van der Waals surface area contributed by atoms with E-state index in [2.05, 4.69) is 102 Å². The van der Waals surface area contributed by atoms with E-state index in [9.17, 15) is 0 Å². The first-order chi connectivity index (χ1) is 15.6. The molecule has 2 aromatic heterocycles. The number of fused-ring (bicyclic) bond motifs is 2. The van der Waals surface area contributed by atoms with Gasteiger partial charge in [0.15, 0.2) is 0 Å². The van der Waals surface area contributed by atoms with Crippen molar-refractivity contribution in [2.45, 2.75) is 0 Å². The lowest BCUT2D eigenvalue weighted by atomic mass is 10.0. The molecule has 4 nitrogen and oxygen atoms in total. The van der Waals surface area contributed by atoms with Gasteiger partial charge in [-0.2, -0.15) is 0 Å². The predicted molar refractivity (Wildman–Crippen MR) is 137 cm³/mol. The van der Waals surface area contributed by atoms with E-state index in [1.165, 1.54) is 0 Å². The van der Waals surface area contributed by atoms with Gasteiger partial charge in [-0.15, -0.1) is 0 Å². The lowest BCUT2D eigenvalue weighted by Crippen LogP contribution is -1.80. The molecule has 0 saturated heterocycles. The normalized spacial score (nSPS) is 11.4. The van der Waals surface area contributed by atoms with Crippen LogP contribution in [0.5, 0.6) is 0 Å². The number of hydrogen-bond donors (Lipinski definition) is 2. The molecule has 32 heavy (non-hydrogen) atoms.